The maximum atomic E-state index is 5.73. The number of aryl methyl sites for hydroxylation is 1. The highest BCUT2D eigenvalue weighted by atomic mass is 16.5. The second-order valence-corrected chi connectivity index (χ2v) is 6.30. The summed E-state index contributed by atoms with van der Waals surface area (Å²) in [6, 6.07) is 2.25. The van der Waals surface area contributed by atoms with E-state index in [9.17, 15) is 0 Å². The number of rotatable bonds is 2. The molecule has 0 bridgehead atoms. The van der Waals surface area contributed by atoms with Crippen molar-refractivity contribution in [2.24, 2.45) is 0 Å². The van der Waals surface area contributed by atoms with Crippen molar-refractivity contribution >= 4 is 0 Å². The molecule has 2 heteroatoms. The van der Waals surface area contributed by atoms with Crippen molar-refractivity contribution in [2.45, 2.75) is 57.9 Å². The Bertz CT molecular complexity index is 487. The fraction of sp³-hybridized carbons (Fsp3) is 0.647. The largest absolute Gasteiger partial charge is 0.496 e. The van der Waals surface area contributed by atoms with Crippen molar-refractivity contribution in [1.29, 1.82) is 0 Å². The van der Waals surface area contributed by atoms with E-state index in [1.807, 2.05) is 7.11 Å². The van der Waals surface area contributed by atoms with Crippen LogP contribution in [0.2, 0.25) is 0 Å². The third-order valence-electron chi connectivity index (χ3n) is 4.98. The second kappa shape index (κ2) is 4.82. The predicted octanol–water partition coefficient (Wildman–Crippen LogP) is 3.48. The summed E-state index contributed by atoms with van der Waals surface area (Å²) in [7, 11) is 1.81. The van der Waals surface area contributed by atoms with Crippen molar-refractivity contribution in [3.63, 3.8) is 0 Å². The number of ether oxygens (including phenoxy) is 1. The monoisotopic (exact) mass is 259 g/mol. The van der Waals surface area contributed by atoms with Crippen LogP contribution in [0, 0.1) is 6.92 Å². The van der Waals surface area contributed by atoms with Gasteiger partial charge in [0.05, 0.1) is 7.11 Å². The Hall–Kier alpha value is -1.02. The minimum Gasteiger partial charge on any atom is -0.496 e. The maximum absolute atomic E-state index is 5.73. The quantitative estimate of drug-likeness (QED) is 0.878. The van der Waals surface area contributed by atoms with Gasteiger partial charge in [0.1, 0.15) is 5.75 Å². The zero-order chi connectivity index (χ0) is 13.5. The van der Waals surface area contributed by atoms with Gasteiger partial charge in [0.15, 0.2) is 0 Å². The maximum Gasteiger partial charge on any atom is 0.124 e. The number of fused-ring (bicyclic) bond motifs is 1. The first-order chi connectivity index (χ1) is 9.15. The minimum atomic E-state index is 0.112. The molecule has 1 N–H and O–H groups in total. The molecule has 1 fully saturated rings. The van der Waals surface area contributed by atoms with Gasteiger partial charge >= 0.3 is 0 Å². The third-order valence-corrected chi connectivity index (χ3v) is 4.98. The van der Waals surface area contributed by atoms with Crippen LogP contribution in [0.15, 0.2) is 6.07 Å². The van der Waals surface area contributed by atoms with E-state index in [-0.39, 0.29) is 5.54 Å². The molecule has 3 rings (SSSR count). The lowest BCUT2D eigenvalue weighted by molar-refractivity contribution is 0.366. The molecule has 19 heavy (non-hydrogen) atoms. The zero-order valence-corrected chi connectivity index (χ0v) is 12.4. The van der Waals surface area contributed by atoms with Crippen LogP contribution >= 0.6 is 0 Å². The smallest absolute Gasteiger partial charge is 0.124 e. The molecule has 1 unspecified atom stereocenters. The standard InChI is InChI=1S/C17H25NO/c1-12-11-15(19-3)16(17(2)9-6-10-18-17)14-8-5-4-7-13(12)14/h11,18H,4-10H2,1-3H3. The highest BCUT2D eigenvalue weighted by Crippen LogP contribution is 2.43. The van der Waals surface area contributed by atoms with Gasteiger partial charge in [0.2, 0.25) is 0 Å². The highest BCUT2D eigenvalue weighted by Gasteiger charge is 2.36. The van der Waals surface area contributed by atoms with Crippen LogP contribution in [0.1, 0.15) is 54.9 Å². The van der Waals surface area contributed by atoms with E-state index >= 15 is 0 Å². The SMILES string of the molecule is COc1cc(C)c2c(c1C1(C)CCCN1)CCCC2. The van der Waals surface area contributed by atoms with Crippen LogP contribution in [0.5, 0.6) is 5.75 Å². The van der Waals surface area contributed by atoms with Crippen LogP contribution in [0.3, 0.4) is 0 Å². The molecular weight excluding hydrogens is 234 g/mol. The van der Waals surface area contributed by atoms with E-state index in [4.69, 9.17) is 4.74 Å². The van der Waals surface area contributed by atoms with Crippen LogP contribution < -0.4 is 10.1 Å². The summed E-state index contributed by atoms with van der Waals surface area (Å²) in [6.07, 6.45) is 7.61. The number of hydrogen-bond acceptors (Lipinski definition) is 2. The molecule has 0 radical (unpaired) electrons. The normalized spacial score (nSPS) is 26.3. The number of hydrogen-bond donors (Lipinski definition) is 1. The molecule has 2 nitrogen and oxygen atoms in total. The van der Waals surface area contributed by atoms with E-state index < -0.39 is 0 Å². The molecule has 1 atom stereocenters. The number of benzene rings is 1. The Balaban J connectivity index is 2.20. The first kappa shape index (κ1) is 13.0. The van der Waals surface area contributed by atoms with Gasteiger partial charge in [-0.2, -0.15) is 0 Å². The number of nitrogens with one attached hydrogen (secondary N) is 1. The Morgan fingerprint density at radius 3 is 2.53 bits per heavy atom. The molecule has 0 aromatic heterocycles. The Morgan fingerprint density at radius 2 is 1.89 bits per heavy atom. The summed E-state index contributed by atoms with van der Waals surface area (Å²) in [5.41, 5.74) is 6.15. The van der Waals surface area contributed by atoms with Gasteiger partial charge < -0.3 is 10.1 Å². The van der Waals surface area contributed by atoms with Gasteiger partial charge in [-0.15, -0.1) is 0 Å². The van der Waals surface area contributed by atoms with Crippen molar-refractivity contribution in [2.75, 3.05) is 13.7 Å². The summed E-state index contributed by atoms with van der Waals surface area (Å²) in [5, 5.41) is 3.71. The Morgan fingerprint density at radius 1 is 1.16 bits per heavy atom. The molecule has 2 aliphatic rings. The third kappa shape index (κ3) is 2.06. The van der Waals surface area contributed by atoms with E-state index in [0.717, 1.165) is 12.3 Å². The predicted molar refractivity (Wildman–Crippen MR) is 79.0 cm³/mol. The van der Waals surface area contributed by atoms with Crippen LogP contribution in [-0.2, 0) is 18.4 Å². The van der Waals surface area contributed by atoms with E-state index in [1.54, 1.807) is 11.1 Å². The Kier molecular flexibility index (Phi) is 3.30. The molecule has 0 amide bonds. The molecular formula is C17H25NO. The summed E-state index contributed by atoms with van der Waals surface area (Å²) >= 11 is 0. The van der Waals surface area contributed by atoms with Crippen molar-refractivity contribution in [3.05, 3.63) is 28.3 Å². The van der Waals surface area contributed by atoms with Crippen molar-refractivity contribution in [1.82, 2.24) is 5.32 Å². The first-order valence-corrected chi connectivity index (χ1v) is 7.60. The summed E-state index contributed by atoms with van der Waals surface area (Å²) in [5.74, 6) is 1.09. The second-order valence-electron chi connectivity index (χ2n) is 6.30. The van der Waals surface area contributed by atoms with Gasteiger partial charge in [-0.3, -0.25) is 0 Å². The van der Waals surface area contributed by atoms with E-state index in [1.165, 1.54) is 49.7 Å². The topological polar surface area (TPSA) is 21.3 Å². The molecule has 1 aromatic rings. The molecule has 0 saturated carbocycles. The highest BCUT2D eigenvalue weighted by molar-refractivity contribution is 5.53. The van der Waals surface area contributed by atoms with Gasteiger partial charge in [-0.1, -0.05) is 0 Å². The molecule has 1 aliphatic carbocycles. The molecule has 1 aliphatic heterocycles. The van der Waals surface area contributed by atoms with Crippen molar-refractivity contribution in [3.8, 4) is 5.75 Å². The van der Waals surface area contributed by atoms with Crippen LogP contribution in [0.25, 0.3) is 0 Å². The molecule has 104 valence electrons. The Labute approximate surface area is 116 Å². The van der Waals surface area contributed by atoms with Crippen LogP contribution in [0.4, 0.5) is 0 Å². The van der Waals surface area contributed by atoms with Crippen LogP contribution in [-0.4, -0.2) is 13.7 Å². The summed E-state index contributed by atoms with van der Waals surface area (Å²) < 4.78 is 5.73. The van der Waals surface area contributed by atoms with E-state index in [0.29, 0.717) is 0 Å². The average Bonchev–Trinajstić information content (AvgIpc) is 2.86. The van der Waals surface area contributed by atoms with Gasteiger partial charge in [-0.05, 0) is 81.7 Å². The van der Waals surface area contributed by atoms with Gasteiger partial charge in [0, 0.05) is 11.1 Å². The molecule has 1 heterocycles. The minimum absolute atomic E-state index is 0.112. The molecule has 1 saturated heterocycles. The number of methoxy groups -OCH3 is 1. The average molecular weight is 259 g/mol. The fourth-order valence-corrected chi connectivity index (χ4v) is 3.99. The zero-order valence-electron chi connectivity index (χ0n) is 12.4. The molecule has 0 spiro atoms. The first-order valence-electron chi connectivity index (χ1n) is 7.60. The van der Waals surface area contributed by atoms with E-state index in [2.05, 4.69) is 25.2 Å². The lowest BCUT2D eigenvalue weighted by Crippen LogP contribution is -2.35. The fourth-order valence-electron chi connectivity index (χ4n) is 3.99. The summed E-state index contributed by atoms with van der Waals surface area (Å²) in [4.78, 5) is 0. The lowest BCUT2D eigenvalue weighted by atomic mass is 9.78. The lowest BCUT2D eigenvalue weighted by Gasteiger charge is -2.33. The molecule has 1 aromatic carbocycles. The van der Waals surface area contributed by atoms with Crippen molar-refractivity contribution < 1.29 is 4.74 Å². The van der Waals surface area contributed by atoms with Gasteiger partial charge in [0.25, 0.3) is 0 Å². The van der Waals surface area contributed by atoms with Gasteiger partial charge in [-0.25, -0.2) is 0 Å². The summed E-state index contributed by atoms with van der Waals surface area (Å²) in [6.45, 7) is 5.71.